The summed E-state index contributed by atoms with van der Waals surface area (Å²) in [5, 5.41) is 22.8. The van der Waals surface area contributed by atoms with Crippen molar-refractivity contribution in [3.8, 4) is 0 Å². The summed E-state index contributed by atoms with van der Waals surface area (Å²) in [4.78, 5) is 11.2. The Balaban J connectivity index is 2.34. The average molecular weight is 311 g/mol. The van der Waals surface area contributed by atoms with Gasteiger partial charge in [0.05, 0.1) is 24.3 Å². The van der Waals surface area contributed by atoms with Gasteiger partial charge in [0.15, 0.2) is 5.82 Å². The van der Waals surface area contributed by atoms with Crippen LogP contribution in [0.3, 0.4) is 0 Å². The van der Waals surface area contributed by atoms with Gasteiger partial charge in [0, 0.05) is 23.6 Å². The Hall–Kier alpha value is -1.35. The van der Waals surface area contributed by atoms with Crippen molar-refractivity contribution in [2.75, 3.05) is 24.3 Å². The van der Waals surface area contributed by atoms with E-state index in [1.54, 1.807) is 24.9 Å². The first kappa shape index (κ1) is 16.0. The Labute approximate surface area is 127 Å². The third-order valence-electron chi connectivity index (χ3n) is 3.34. The lowest BCUT2D eigenvalue weighted by molar-refractivity contribution is 0.130. The second-order valence-electron chi connectivity index (χ2n) is 4.95. The quantitative estimate of drug-likeness (QED) is 0.498. The number of nitrogens with one attached hydrogen (secondary N) is 2. The SMILES string of the molecule is CSC[C@H](CO)N[C@@H](c1c[nH]c2c(N)ncnc12)[C@H](C)O. The van der Waals surface area contributed by atoms with Gasteiger partial charge in [-0.15, -0.1) is 0 Å². The van der Waals surface area contributed by atoms with E-state index < -0.39 is 6.10 Å². The normalized spacial score (nSPS) is 16.0. The van der Waals surface area contributed by atoms with Gasteiger partial charge in [0.2, 0.25) is 0 Å². The predicted octanol–water partition coefficient (Wildman–Crippen LogP) is 0.275. The highest BCUT2D eigenvalue weighted by Gasteiger charge is 2.24. The summed E-state index contributed by atoms with van der Waals surface area (Å²) in [6, 6.07) is -0.457. The predicted molar refractivity (Wildman–Crippen MR) is 85.1 cm³/mol. The number of H-pyrrole nitrogens is 1. The van der Waals surface area contributed by atoms with Crippen LogP contribution >= 0.6 is 11.8 Å². The summed E-state index contributed by atoms with van der Waals surface area (Å²) < 4.78 is 0. The number of aromatic amines is 1. The summed E-state index contributed by atoms with van der Waals surface area (Å²) in [6.07, 6.45) is 4.50. The van der Waals surface area contributed by atoms with Gasteiger partial charge in [0.1, 0.15) is 11.8 Å². The van der Waals surface area contributed by atoms with Crippen LogP contribution in [0.15, 0.2) is 12.5 Å². The topological polar surface area (TPSA) is 120 Å². The second-order valence-corrected chi connectivity index (χ2v) is 5.86. The Morgan fingerprint density at radius 3 is 2.86 bits per heavy atom. The summed E-state index contributed by atoms with van der Waals surface area (Å²) in [6.45, 7) is 1.71. The number of aromatic nitrogens is 3. The van der Waals surface area contributed by atoms with Crippen molar-refractivity contribution in [3.63, 3.8) is 0 Å². The summed E-state index contributed by atoms with van der Waals surface area (Å²) in [7, 11) is 0. The third-order valence-corrected chi connectivity index (χ3v) is 4.08. The number of rotatable bonds is 7. The van der Waals surface area contributed by atoms with E-state index in [1.807, 2.05) is 6.26 Å². The fourth-order valence-corrected chi connectivity index (χ4v) is 2.92. The van der Waals surface area contributed by atoms with Crippen LogP contribution in [-0.2, 0) is 0 Å². The van der Waals surface area contributed by atoms with Crippen molar-refractivity contribution in [1.82, 2.24) is 20.3 Å². The summed E-state index contributed by atoms with van der Waals surface area (Å²) in [5.41, 5.74) is 7.97. The molecule has 0 aliphatic rings. The van der Waals surface area contributed by atoms with Crippen LogP contribution in [-0.4, -0.2) is 55.9 Å². The molecule has 6 N–H and O–H groups in total. The number of anilines is 1. The van der Waals surface area contributed by atoms with Gasteiger partial charge in [-0.3, -0.25) is 0 Å². The number of aliphatic hydroxyl groups excluding tert-OH is 2. The number of hydrogen-bond acceptors (Lipinski definition) is 7. The van der Waals surface area contributed by atoms with E-state index in [2.05, 4.69) is 20.3 Å². The highest BCUT2D eigenvalue weighted by Crippen LogP contribution is 2.27. The standard InChI is InChI=1S/C13H21N5O2S/c1-7(20)10(18-8(4-19)5-21-2)9-3-15-12-11(9)16-6-17-13(12)14/h3,6-8,10,15,18-20H,4-5H2,1-2H3,(H2,14,16,17)/t7-,8-,10+/m0/s1. The summed E-state index contributed by atoms with van der Waals surface area (Å²) >= 11 is 1.63. The molecule has 0 aromatic carbocycles. The second kappa shape index (κ2) is 7.08. The minimum Gasteiger partial charge on any atom is -0.395 e. The van der Waals surface area contributed by atoms with Gasteiger partial charge >= 0.3 is 0 Å². The molecule has 21 heavy (non-hydrogen) atoms. The number of thioether (sulfide) groups is 1. The largest absolute Gasteiger partial charge is 0.395 e. The number of nitrogens with zero attached hydrogens (tertiary/aromatic N) is 2. The van der Waals surface area contributed by atoms with Crippen LogP contribution in [0.25, 0.3) is 11.0 Å². The maximum Gasteiger partial charge on any atom is 0.151 e. The minimum atomic E-state index is -0.643. The number of nitrogen functional groups attached to an aromatic ring is 1. The molecule has 0 aliphatic heterocycles. The zero-order valence-corrected chi connectivity index (χ0v) is 12.9. The van der Waals surface area contributed by atoms with E-state index in [4.69, 9.17) is 5.73 Å². The molecule has 0 bridgehead atoms. The van der Waals surface area contributed by atoms with Crippen molar-refractivity contribution < 1.29 is 10.2 Å². The Bertz CT molecular complexity index is 589. The minimum absolute atomic E-state index is 0.00351. The molecule has 0 spiro atoms. The van der Waals surface area contributed by atoms with Crippen molar-refractivity contribution in [2.24, 2.45) is 0 Å². The molecule has 0 saturated carbocycles. The van der Waals surface area contributed by atoms with Crippen molar-refractivity contribution in [2.45, 2.75) is 25.1 Å². The van der Waals surface area contributed by atoms with Crippen molar-refractivity contribution in [3.05, 3.63) is 18.1 Å². The molecule has 3 atom stereocenters. The number of aliphatic hydroxyl groups is 2. The molecule has 0 saturated heterocycles. The highest BCUT2D eigenvalue weighted by molar-refractivity contribution is 7.98. The maximum atomic E-state index is 10.1. The van der Waals surface area contributed by atoms with Gasteiger partial charge in [0.25, 0.3) is 0 Å². The van der Waals surface area contributed by atoms with E-state index in [0.29, 0.717) is 16.9 Å². The van der Waals surface area contributed by atoms with Gasteiger partial charge in [-0.25, -0.2) is 9.97 Å². The lowest BCUT2D eigenvalue weighted by Gasteiger charge is -2.26. The zero-order chi connectivity index (χ0) is 15.4. The fourth-order valence-electron chi connectivity index (χ4n) is 2.31. The molecule has 7 nitrogen and oxygen atoms in total. The first-order valence-electron chi connectivity index (χ1n) is 6.69. The molecular formula is C13H21N5O2S. The molecule has 2 rings (SSSR count). The van der Waals surface area contributed by atoms with Gasteiger partial charge in [-0.05, 0) is 13.2 Å². The van der Waals surface area contributed by atoms with E-state index >= 15 is 0 Å². The molecule has 2 aromatic rings. The van der Waals surface area contributed by atoms with Crippen LogP contribution in [0.2, 0.25) is 0 Å². The summed E-state index contributed by atoms with van der Waals surface area (Å²) in [5.74, 6) is 1.12. The molecule has 0 unspecified atom stereocenters. The van der Waals surface area contributed by atoms with E-state index in [-0.39, 0.29) is 18.7 Å². The van der Waals surface area contributed by atoms with Crippen LogP contribution in [0.5, 0.6) is 0 Å². The van der Waals surface area contributed by atoms with E-state index in [1.165, 1.54) is 6.33 Å². The van der Waals surface area contributed by atoms with Gasteiger partial charge < -0.3 is 26.2 Å². The van der Waals surface area contributed by atoms with E-state index in [9.17, 15) is 10.2 Å². The highest BCUT2D eigenvalue weighted by atomic mass is 32.2. The zero-order valence-electron chi connectivity index (χ0n) is 12.1. The van der Waals surface area contributed by atoms with E-state index in [0.717, 1.165) is 11.3 Å². The van der Waals surface area contributed by atoms with Gasteiger partial charge in [-0.1, -0.05) is 0 Å². The lowest BCUT2D eigenvalue weighted by Crippen LogP contribution is -2.41. The maximum absolute atomic E-state index is 10.1. The van der Waals surface area contributed by atoms with Crippen LogP contribution in [0.4, 0.5) is 5.82 Å². The first-order valence-corrected chi connectivity index (χ1v) is 8.09. The monoisotopic (exact) mass is 311 g/mol. The van der Waals surface area contributed by atoms with Crippen molar-refractivity contribution in [1.29, 1.82) is 0 Å². The molecule has 0 amide bonds. The number of nitrogens with two attached hydrogens (primary N) is 1. The molecule has 2 aromatic heterocycles. The Morgan fingerprint density at radius 2 is 2.24 bits per heavy atom. The molecule has 0 fully saturated rings. The van der Waals surface area contributed by atoms with Crippen molar-refractivity contribution >= 4 is 28.6 Å². The Morgan fingerprint density at radius 1 is 1.48 bits per heavy atom. The Kier molecular flexibility index (Phi) is 5.40. The number of hydrogen-bond donors (Lipinski definition) is 5. The number of fused-ring (bicyclic) bond motifs is 1. The molecular weight excluding hydrogens is 290 g/mol. The molecule has 0 radical (unpaired) electrons. The third kappa shape index (κ3) is 3.46. The van der Waals surface area contributed by atoms with Gasteiger partial charge in [-0.2, -0.15) is 11.8 Å². The smallest absolute Gasteiger partial charge is 0.151 e. The first-order chi connectivity index (χ1) is 10.1. The lowest BCUT2D eigenvalue weighted by atomic mass is 10.0. The molecule has 0 aliphatic carbocycles. The van der Waals surface area contributed by atoms with Crippen LogP contribution in [0.1, 0.15) is 18.5 Å². The average Bonchev–Trinajstić information content (AvgIpc) is 2.88. The van der Waals surface area contributed by atoms with Crippen LogP contribution < -0.4 is 11.1 Å². The van der Waals surface area contributed by atoms with Crippen LogP contribution in [0, 0.1) is 0 Å². The molecule has 116 valence electrons. The molecule has 2 heterocycles. The molecule has 8 heteroatoms. The fraction of sp³-hybridized carbons (Fsp3) is 0.538.